The van der Waals surface area contributed by atoms with Gasteiger partial charge in [-0.2, -0.15) is 0 Å². The van der Waals surface area contributed by atoms with Crippen LogP contribution in [0.1, 0.15) is 13.8 Å². The van der Waals surface area contributed by atoms with Gasteiger partial charge < -0.3 is 20.1 Å². The highest BCUT2D eigenvalue weighted by atomic mass is 16.7. The molecule has 56 valence electrons. The molecule has 9 heavy (non-hydrogen) atoms. The van der Waals surface area contributed by atoms with Crippen LogP contribution in [0.15, 0.2) is 0 Å². The molecule has 1 unspecified atom stereocenters. The standard InChI is InChI=1S/C5H12O4/c1-4(6,7)5(2,8)9-3/h6-8H,1-3H3. The van der Waals surface area contributed by atoms with Crippen molar-refractivity contribution in [3.63, 3.8) is 0 Å². The number of hydrogen-bond donors (Lipinski definition) is 3. The lowest BCUT2D eigenvalue weighted by Crippen LogP contribution is -2.51. The predicted octanol–water partition coefficient (Wildman–Crippen LogP) is -0.958. The monoisotopic (exact) mass is 136 g/mol. The molecule has 1 atom stereocenters. The molecule has 0 aliphatic rings. The molecule has 0 saturated carbocycles. The topological polar surface area (TPSA) is 69.9 Å². The average molecular weight is 136 g/mol. The maximum atomic E-state index is 8.94. The van der Waals surface area contributed by atoms with Crippen LogP contribution < -0.4 is 0 Å². The number of methoxy groups -OCH3 is 1. The van der Waals surface area contributed by atoms with Crippen molar-refractivity contribution in [3.05, 3.63) is 0 Å². The van der Waals surface area contributed by atoms with Crippen LogP contribution in [0.4, 0.5) is 0 Å². The Morgan fingerprint density at radius 3 is 1.44 bits per heavy atom. The SMILES string of the molecule is COC(C)(O)C(C)(O)O. The first-order chi connectivity index (χ1) is 3.81. The number of aliphatic hydroxyl groups is 3. The zero-order valence-electron chi connectivity index (χ0n) is 5.75. The van der Waals surface area contributed by atoms with Crippen molar-refractivity contribution >= 4 is 0 Å². The van der Waals surface area contributed by atoms with E-state index < -0.39 is 11.6 Å². The van der Waals surface area contributed by atoms with Crippen LogP contribution >= 0.6 is 0 Å². The van der Waals surface area contributed by atoms with Crippen molar-refractivity contribution in [3.8, 4) is 0 Å². The Labute approximate surface area is 53.7 Å². The lowest BCUT2D eigenvalue weighted by molar-refractivity contribution is -0.348. The van der Waals surface area contributed by atoms with Gasteiger partial charge in [0.05, 0.1) is 0 Å². The van der Waals surface area contributed by atoms with Gasteiger partial charge in [-0.25, -0.2) is 0 Å². The summed E-state index contributed by atoms with van der Waals surface area (Å²) in [5, 5.41) is 26.4. The highest BCUT2D eigenvalue weighted by Gasteiger charge is 2.40. The number of ether oxygens (including phenoxy) is 1. The van der Waals surface area contributed by atoms with E-state index in [4.69, 9.17) is 15.3 Å². The molecule has 0 aliphatic heterocycles. The first kappa shape index (κ1) is 8.84. The van der Waals surface area contributed by atoms with Crippen molar-refractivity contribution in [2.45, 2.75) is 25.4 Å². The lowest BCUT2D eigenvalue weighted by Gasteiger charge is -2.31. The van der Waals surface area contributed by atoms with Crippen LogP contribution in [0.2, 0.25) is 0 Å². The van der Waals surface area contributed by atoms with Crippen LogP contribution in [0, 0.1) is 0 Å². The average Bonchev–Trinajstić information content (AvgIpc) is 1.64. The summed E-state index contributed by atoms with van der Waals surface area (Å²) in [7, 11) is 1.19. The molecule has 4 heteroatoms. The fourth-order valence-corrected chi connectivity index (χ4v) is 0.193. The van der Waals surface area contributed by atoms with Crippen LogP contribution in [0.25, 0.3) is 0 Å². The minimum absolute atomic E-state index is 1.04. The van der Waals surface area contributed by atoms with Crippen LogP contribution in [0.3, 0.4) is 0 Å². The van der Waals surface area contributed by atoms with Crippen molar-refractivity contribution < 1.29 is 20.1 Å². The molecule has 0 saturated heterocycles. The summed E-state index contributed by atoms with van der Waals surface area (Å²) in [6.07, 6.45) is 0. The molecule has 3 N–H and O–H groups in total. The van der Waals surface area contributed by atoms with Gasteiger partial charge in [0.2, 0.25) is 11.6 Å². The summed E-state index contributed by atoms with van der Waals surface area (Å²) in [6.45, 7) is 2.20. The van der Waals surface area contributed by atoms with Crippen molar-refractivity contribution in [1.82, 2.24) is 0 Å². The van der Waals surface area contributed by atoms with E-state index in [2.05, 4.69) is 4.74 Å². The second kappa shape index (κ2) is 2.22. The molecule has 0 heterocycles. The van der Waals surface area contributed by atoms with Crippen molar-refractivity contribution in [2.75, 3.05) is 7.11 Å². The lowest BCUT2D eigenvalue weighted by atomic mass is 10.1. The number of hydrogen-bond acceptors (Lipinski definition) is 4. The van der Waals surface area contributed by atoms with Gasteiger partial charge in [-0.3, -0.25) is 0 Å². The maximum absolute atomic E-state index is 8.94. The molecule has 0 fully saturated rings. The Morgan fingerprint density at radius 1 is 1.11 bits per heavy atom. The van der Waals surface area contributed by atoms with E-state index in [0.717, 1.165) is 13.8 Å². The van der Waals surface area contributed by atoms with E-state index in [9.17, 15) is 0 Å². The molecule has 0 aromatic rings. The first-order valence-corrected chi connectivity index (χ1v) is 2.53. The van der Waals surface area contributed by atoms with E-state index in [-0.39, 0.29) is 0 Å². The molecule has 0 rings (SSSR count). The van der Waals surface area contributed by atoms with Gasteiger partial charge in [0.25, 0.3) is 0 Å². The molecule has 4 nitrogen and oxygen atoms in total. The summed E-state index contributed by atoms with van der Waals surface area (Å²) in [6, 6.07) is 0. The van der Waals surface area contributed by atoms with Crippen LogP contribution in [-0.4, -0.2) is 34.0 Å². The summed E-state index contributed by atoms with van der Waals surface area (Å²) >= 11 is 0. The normalized spacial score (nSPS) is 19.3. The zero-order valence-corrected chi connectivity index (χ0v) is 5.75. The van der Waals surface area contributed by atoms with Crippen LogP contribution in [0.5, 0.6) is 0 Å². The Kier molecular flexibility index (Phi) is 2.19. The molecule has 0 bridgehead atoms. The third-order valence-electron chi connectivity index (χ3n) is 1.28. The van der Waals surface area contributed by atoms with Crippen LogP contribution in [-0.2, 0) is 4.74 Å². The zero-order chi connectivity index (χ0) is 7.71. The second-order valence-corrected chi connectivity index (χ2v) is 2.21. The summed E-state index contributed by atoms with van der Waals surface area (Å²) in [5.74, 6) is -4.13. The van der Waals surface area contributed by atoms with E-state index >= 15 is 0 Å². The fraction of sp³-hybridized carbons (Fsp3) is 1.00. The summed E-state index contributed by atoms with van der Waals surface area (Å²) < 4.78 is 4.36. The third kappa shape index (κ3) is 1.91. The Balaban J connectivity index is 4.14. The first-order valence-electron chi connectivity index (χ1n) is 2.53. The van der Waals surface area contributed by atoms with E-state index in [1.807, 2.05) is 0 Å². The fourth-order valence-electron chi connectivity index (χ4n) is 0.193. The Bertz CT molecular complexity index is 91.6. The van der Waals surface area contributed by atoms with Gasteiger partial charge in [0.15, 0.2) is 0 Å². The second-order valence-electron chi connectivity index (χ2n) is 2.21. The van der Waals surface area contributed by atoms with E-state index in [0.29, 0.717) is 0 Å². The van der Waals surface area contributed by atoms with Gasteiger partial charge >= 0.3 is 0 Å². The van der Waals surface area contributed by atoms with E-state index in [1.54, 1.807) is 0 Å². The largest absolute Gasteiger partial charge is 0.362 e. The van der Waals surface area contributed by atoms with Crippen molar-refractivity contribution in [2.24, 2.45) is 0 Å². The van der Waals surface area contributed by atoms with Gasteiger partial charge in [-0.05, 0) is 13.8 Å². The number of rotatable bonds is 2. The minimum Gasteiger partial charge on any atom is -0.362 e. The molecule has 0 spiro atoms. The molecular weight excluding hydrogens is 124 g/mol. The maximum Gasteiger partial charge on any atom is 0.217 e. The highest BCUT2D eigenvalue weighted by Crippen LogP contribution is 2.18. The Hall–Kier alpha value is -0.160. The summed E-state index contributed by atoms with van der Waals surface area (Å²) in [4.78, 5) is 0. The smallest absolute Gasteiger partial charge is 0.217 e. The van der Waals surface area contributed by atoms with E-state index in [1.165, 1.54) is 7.11 Å². The van der Waals surface area contributed by atoms with Gasteiger partial charge in [-0.1, -0.05) is 0 Å². The molecule has 0 aromatic heterocycles. The molecular formula is C5H12O4. The van der Waals surface area contributed by atoms with Gasteiger partial charge in [0.1, 0.15) is 0 Å². The molecule has 0 aromatic carbocycles. The van der Waals surface area contributed by atoms with Gasteiger partial charge in [0, 0.05) is 7.11 Å². The molecule has 0 radical (unpaired) electrons. The molecule has 0 amide bonds. The quantitative estimate of drug-likeness (QED) is 0.428. The minimum atomic E-state index is -2.22. The van der Waals surface area contributed by atoms with Gasteiger partial charge in [-0.15, -0.1) is 0 Å². The molecule has 0 aliphatic carbocycles. The van der Waals surface area contributed by atoms with Crippen molar-refractivity contribution in [1.29, 1.82) is 0 Å². The highest BCUT2D eigenvalue weighted by molar-refractivity contribution is 4.73. The summed E-state index contributed by atoms with van der Waals surface area (Å²) in [5.41, 5.74) is 0. The Morgan fingerprint density at radius 2 is 1.44 bits per heavy atom. The predicted molar refractivity (Wildman–Crippen MR) is 30.5 cm³/mol. The third-order valence-corrected chi connectivity index (χ3v) is 1.28.